The van der Waals surface area contributed by atoms with Crippen molar-refractivity contribution in [3.05, 3.63) is 17.7 Å². The van der Waals surface area contributed by atoms with E-state index in [0.717, 1.165) is 25.7 Å². The van der Waals surface area contributed by atoms with Gasteiger partial charge >= 0.3 is 5.97 Å². The number of amides is 1. The molecule has 1 aromatic carbocycles. The number of hydrogen-bond acceptors (Lipinski definition) is 6. The summed E-state index contributed by atoms with van der Waals surface area (Å²) >= 11 is 0. The molecule has 1 amide bonds. The number of rotatable bonds is 7. The van der Waals surface area contributed by atoms with Gasteiger partial charge < -0.3 is 24.3 Å². The summed E-state index contributed by atoms with van der Waals surface area (Å²) in [4.78, 5) is 24.6. The number of carbonyl (C=O) groups is 2. The zero-order chi connectivity index (χ0) is 18.4. The third kappa shape index (κ3) is 4.55. The Morgan fingerprint density at radius 3 is 2.12 bits per heavy atom. The van der Waals surface area contributed by atoms with E-state index in [1.807, 2.05) is 0 Å². The summed E-state index contributed by atoms with van der Waals surface area (Å²) < 4.78 is 20.9. The third-order valence-electron chi connectivity index (χ3n) is 4.28. The van der Waals surface area contributed by atoms with Gasteiger partial charge in [-0.2, -0.15) is 0 Å². The predicted molar refractivity (Wildman–Crippen MR) is 91.4 cm³/mol. The standard InChI is InChI=1S/C18H25NO6/c1-11(17(20)19-12-7-5-6-8-12)25-18(21)13-9-15(23-3)16(24-4)10-14(13)22-2/h9-12H,5-8H2,1-4H3,(H,19,20)/t11-/m0/s1. The van der Waals surface area contributed by atoms with Crippen LogP contribution in [-0.2, 0) is 9.53 Å². The molecule has 7 heteroatoms. The van der Waals surface area contributed by atoms with Crippen LogP contribution in [0.25, 0.3) is 0 Å². The van der Waals surface area contributed by atoms with Crippen LogP contribution in [0, 0.1) is 0 Å². The highest BCUT2D eigenvalue weighted by Crippen LogP contribution is 2.35. The van der Waals surface area contributed by atoms with Gasteiger partial charge in [-0.15, -0.1) is 0 Å². The van der Waals surface area contributed by atoms with Crippen molar-refractivity contribution in [2.75, 3.05) is 21.3 Å². The fourth-order valence-corrected chi connectivity index (χ4v) is 2.85. The zero-order valence-corrected chi connectivity index (χ0v) is 15.1. The first-order chi connectivity index (χ1) is 12.0. The van der Waals surface area contributed by atoms with E-state index in [-0.39, 0.29) is 23.3 Å². The zero-order valence-electron chi connectivity index (χ0n) is 15.1. The highest BCUT2D eigenvalue weighted by molar-refractivity contribution is 5.95. The van der Waals surface area contributed by atoms with Crippen molar-refractivity contribution in [1.82, 2.24) is 5.32 Å². The molecule has 2 rings (SSSR count). The van der Waals surface area contributed by atoms with E-state index in [9.17, 15) is 9.59 Å². The lowest BCUT2D eigenvalue weighted by atomic mass is 10.1. The molecular weight excluding hydrogens is 326 g/mol. The lowest BCUT2D eigenvalue weighted by Crippen LogP contribution is -2.40. The van der Waals surface area contributed by atoms with Crippen LogP contribution in [0.1, 0.15) is 43.0 Å². The Morgan fingerprint density at radius 2 is 1.56 bits per heavy atom. The third-order valence-corrected chi connectivity index (χ3v) is 4.28. The highest BCUT2D eigenvalue weighted by atomic mass is 16.6. The maximum Gasteiger partial charge on any atom is 0.342 e. The minimum absolute atomic E-state index is 0.167. The van der Waals surface area contributed by atoms with Crippen molar-refractivity contribution in [3.8, 4) is 17.2 Å². The van der Waals surface area contributed by atoms with Crippen molar-refractivity contribution in [2.45, 2.75) is 44.8 Å². The van der Waals surface area contributed by atoms with Crippen molar-refractivity contribution in [2.24, 2.45) is 0 Å². The van der Waals surface area contributed by atoms with Crippen molar-refractivity contribution in [3.63, 3.8) is 0 Å². The normalized spacial score (nSPS) is 15.4. The number of esters is 1. The number of benzene rings is 1. The van der Waals surface area contributed by atoms with Crippen LogP contribution in [0.15, 0.2) is 12.1 Å². The maximum atomic E-state index is 12.5. The van der Waals surface area contributed by atoms with E-state index >= 15 is 0 Å². The average Bonchev–Trinajstić information content (AvgIpc) is 3.13. The molecule has 1 N–H and O–H groups in total. The minimum Gasteiger partial charge on any atom is -0.496 e. The topological polar surface area (TPSA) is 83.1 Å². The van der Waals surface area contributed by atoms with Crippen LogP contribution in [0.3, 0.4) is 0 Å². The van der Waals surface area contributed by atoms with Gasteiger partial charge in [0.1, 0.15) is 11.3 Å². The molecule has 0 saturated heterocycles. The molecule has 1 saturated carbocycles. The first-order valence-electron chi connectivity index (χ1n) is 8.31. The highest BCUT2D eigenvalue weighted by Gasteiger charge is 2.25. The summed E-state index contributed by atoms with van der Waals surface area (Å²) in [6.45, 7) is 1.55. The van der Waals surface area contributed by atoms with Gasteiger partial charge in [0.25, 0.3) is 5.91 Å². The van der Waals surface area contributed by atoms with Gasteiger partial charge in [0.2, 0.25) is 0 Å². The lowest BCUT2D eigenvalue weighted by Gasteiger charge is -2.18. The summed E-state index contributed by atoms with van der Waals surface area (Å²) in [5, 5.41) is 2.91. The summed E-state index contributed by atoms with van der Waals surface area (Å²) in [6.07, 6.45) is 3.27. The van der Waals surface area contributed by atoms with Gasteiger partial charge in [-0.25, -0.2) is 4.79 Å². The molecule has 25 heavy (non-hydrogen) atoms. The van der Waals surface area contributed by atoms with Crippen molar-refractivity contribution < 1.29 is 28.5 Å². The summed E-state index contributed by atoms with van der Waals surface area (Å²) in [5.41, 5.74) is 0.167. The molecule has 1 fully saturated rings. The van der Waals surface area contributed by atoms with E-state index in [0.29, 0.717) is 11.5 Å². The molecule has 0 aliphatic heterocycles. The molecule has 1 aromatic rings. The van der Waals surface area contributed by atoms with Crippen LogP contribution in [0.4, 0.5) is 0 Å². The Kier molecular flexibility index (Phi) is 6.50. The van der Waals surface area contributed by atoms with Crippen LogP contribution < -0.4 is 19.5 Å². The second kappa shape index (κ2) is 8.60. The monoisotopic (exact) mass is 351 g/mol. The number of carbonyl (C=O) groups excluding carboxylic acids is 2. The van der Waals surface area contributed by atoms with E-state index in [2.05, 4.69) is 5.32 Å². The molecule has 1 atom stereocenters. The molecule has 0 aromatic heterocycles. The van der Waals surface area contributed by atoms with E-state index in [1.165, 1.54) is 27.4 Å². The van der Waals surface area contributed by atoms with Crippen LogP contribution >= 0.6 is 0 Å². The smallest absolute Gasteiger partial charge is 0.342 e. The SMILES string of the molecule is COc1cc(OC)c(C(=O)O[C@@H](C)C(=O)NC2CCCC2)cc1OC. The Morgan fingerprint density at radius 1 is 1.00 bits per heavy atom. The van der Waals surface area contributed by atoms with Crippen molar-refractivity contribution >= 4 is 11.9 Å². The Hall–Kier alpha value is -2.44. The summed E-state index contributed by atoms with van der Waals surface area (Å²) in [6, 6.07) is 3.18. The summed E-state index contributed by atoms with van der Waals surface area (Å²) in [7, 11) is 4.40. The lowest BCUT2D eigenvalue weighted by molar-refractivity contribution is -0.129. The Labute approximate surface area is 147 Å². The van der Waals surface area contributed by atoms with Gasteiger partial charge in [0.15, 0.2) is 17.6 Å². The fraction of sp³-hybridized carbons (Fsp3) is 0.556. The maximum absolute atomic E-state index is 12.5. The largest absolute Gasteiger partial charge is 0.496 e. The molecule has 1 aliphatic carbocycles. The number of nitrogens with one attached hydrogen (secondary N) is 1. The van der Waals surface area contributed by atoms with Gasteiger partial charge in [-0.05, 0) is 19.8 Å². The van der Waals surface area contributed by atoms with Gasteiger partial charge in [-0.3, -0.25) is 4.79 Å². The number of ether oxygens (including phenoxy) is 4. The molecule has 0 bridgehead atoms. The molecule has 0 unspecified atom stereocenters. The van der Waals surface area contributed by atoms with Crippen LogP contribution in [-0.4, -0.2) is 45.4 Å². The van der Waals surface area contributed by atoms with E-state index in [1.54, 1.807) is 13.0 Å². The fourth-order valence-electron chi connectivity index (χ4n) is 2.85. The van der Waals surface area contributed by atoms with E-state index in [4.69, 9.17) is 18.9 Å². The van der Waals surface area contributed by atoms with Gasteiger partial charge in [0, 0.05) is 18.2 Å². The van der Waals surface area contributed by atoms with Crippen LogP contribution in [0.5, 0.6) is 17.2 Å². The van der Waals surface area contributed by atoms with Gasteiger partial charge in [-0.1, -0.05) is 12.8 Å². The predicted octanol–water partition coefficient (Wildman–Crippen LogP) is 2.32. The second-order valence-corrected chi connectivity index (χ2v) is 5.94. The molecule has 0 radical (unpaired) electrons. The molecule has 0 spiro atoms. The van der Waals surface area contributed by atoms with E-state index < -0.39 is 12.1 Å². The number of hydrogen-bond donors (Lipinski definition) is 1. The quantitative estimate of drug-likeness (QED) is 0.759. The average molecular weight is 351 g/mol. The molecule has 7 nitrogen and oxygen atoms in total. The first kappa shape index (κ1) is 18.9. The summed E-state index contributed by atoms with van der Waals surface area (Å²) in [5.74, 6) is 0.138. The molecule has 0 heterocycles. The number of methoxy groups -OCH3 is 3. The van der Waals surface area contributed by atoms with Crippen LogP contribution in [0.2, 0.25) is 0 Å². The van der Waals surface area contributed by atoms with Crippen molar-refractivity contribution in [1.29, 1.82) is 0 Å². The van der Waals surface area contributed by atoms with Gasteiger partial charge in [0.05, 0.1) is 21.3 Å². The Bertz CT molecular complexity index is 624. The first-order valence-corrected chi connectivity index (χ1v) is 8.31. The minimum atomic E-state index is -0.897. The molecular formula is C18H25NO6. The second-order valence-electron chi connectivity index (χ2n) is 5.94. The Balaban J connectivity index is 2.09. The molecule has 1 aliphatic rings. The molecule has 138 valence electrons.